The van der Waals surface area contributed by atoms with Gasteiger partial charge in [0.1, 0.15) is 5.60 Å². The van der Waals surface area contributed by atoms with Crippen molar-refractivity contribution in [3.05, 3.63) is 30.1 Å². The summed E-state index contributed by atoms with van der Waals surface area (Å²) in [6, 6.07) is 3.45. The fraction of sp³-hybridized carbons (Fsp3) is 0.333. The number of carboxylic acid groups (broad SMARTS) is 1. The van der Waals surface area contributed by atoms with Crippen LogP contribution in [0.5, 0.6) is 0 Å². The Morgan fingerprint density at radius 2 is 2.00 bits per heavy atom. The lowest BCUT2D eigenvalue weighted by molar-refractivity contribution is 0.000979. The molecule has 0 aliphatic heterocycles. The molecule has 1 N–H and O–H groups in total. The van der Waals surface area contributed by atoms with E-state index in [1.165, 1.54) is 0 Å². The van der Waals surface area contributed by atoms with E-state index in [2.05, 4.69) is 4.98 Å². The molecule has 70 valence electrons. The molecular weight excluding hydrogens is 170 g/mol. The Morgan fingerprint density at radius 3 is 2.46 bits per heavy atom. The lowest BCUT2D eigenvalue weighted by Crippen LogP contribution is -2.24. The van der Waals surface area contributed by atoms with Crippen LogP contribution in [0.1, 0.15) is 19.4 Å². The molecule has 0 radical (unpaired) electrons. The van der Waals surface area contributed by atoms with E-state index in [0.29, 0.717) is 0 Å². The van der Waals surface area contributed by atoms with Crippen LogP contribution in [0.4, 0.5) is 4.79 Å². The van der Waals surface area contributed by atoms with Crippen LogP contribution in [0.3, 0.4) is 0 Å². The fourth-order valence-corrected chi connectivity index (χ4v) is 1.03. The normalized spacial score (nSPS) is 10.9. The second-order valence-corrected chi connectivity index (χ2v) is 3.11. The predicted octanol–water partition coefficient (Wildman–Crippen LogP) is 2.01. The zero-order valence-corrected chi connectivity index (χ0v) is 7.52. The molecule has 13 heavy (non-hydrogen) atoms. The van der Waals surface area contributed by atoms with Crippen molar-refractivity contribution in [2.24, 2.45) is 0 Å². The van der Waals surface area contributed by atoms with Crippen molar-refractivity contribution in [3.63, 3.8) is 0 Å². The van der Waals surface area contributed by atoms with E-state index in [4.69, 9.17) is 9.84 Å². The monoisotopic (exact) mass is 181 g/mol. The Bertz CT molecular complexity index is 295. The van der Waals surface area contributed by atoms with Crippen molar-refractivity contribution in [1.82, 2.24) is 4.98 Å². The molecule has 0 unspecified atom stereocenters. The predicted molar refractivity (Wildman–Crippen MR) is 46.4 cm³/mol. The number of ether oxygens (including phenoxy) is 1. The van der Waals surface area contributed by atoms with Crippen LogP contribution in [0.2, 0.25) is 0 Å². The van der Waals surface area contributed by atoms with Crippen molar-refractivity contribution in [1.29, 1.82) is 0 Å². The summed E-state index contributed by atoms with van der Waals surface area (Å²) < 4.78 is 4.71. The maximum absolute atomic E-state index is 10.4. The number of aromatic nitrogens is 1. The number of rotatable bonds is 2. The van der Waals surface area contributed by atoms with E-state index in [9.17, 15) is 4.79 Å². The van der Waals surface area contributed by atoms with Gasteiger partial charge in [0.25, 0.3) is 0 Å². The number of hydrogen-bond acceptors (Lipinski definition) is 3. The average molecular weight is 181 g/mol. The fourth-order valence-electron chi connectivity index (χ4n) is 1.03. The third-order valence-electron chi connectivity index (χ3n) is 1.72. The van der Waals surface area contributed by atoms with E-state index >= 15 is 0 Å². The zero-order valence-electron chi connectivity index (χ0n) is 7.52. The molecule has 0 atom stereocenters. The molecule has 1 aromatic heterocycles. The van der Waals surface area contributed by atoms with Crippen molar-refractivity contribution < 1.29 is 14.6 Å². The molecule has 0 amide bonds. The van der Waals surface area contributed by atoms with Gasteiger partial charge in [0.2, 0.25) is 0 Å². The number of nitrogens with zero attached hydrogens (tertiary/aromatic N) is 1. The van der Waals surface area contributed by atoms with Crippen LogP contribution in [-0.2, 0) is 10.3 Å². The molecule has 1 aromatic rings. The van der Waals surface area contributed by atoms with Crippen molar-refractivity contribution >= 4 is 6.16 Å². The van der Waals surface area contributed by atoms with Crippen LogP contribution in [-0.4, -0.2) is 16.2 Å². The summed E-state index contributed by atoms with van der Waals surface area (Å²) in [4.78, 5) is 14.2. The Kier molecular flexibility index (Phi) is 2.51. The minimum Gasteiger partial charge on any atom is -0.450 e. The first-order valence-corrected chi connectivity index (χ1v) is 3.85. The first-order valence-electron chi connectivity index (χ1n) is 3.85. The van der Waals surface area contributed by atoms with Gasteiger partial charge in [-0.1, -0.05) is 0 Å². The van der Waals surface area contributed by atoms with Gasteiger partial charge in [-0.3, -0.25) is 4.98 Å². The summed E-state index contributed by atoms with van der Waals surface area (Å²) in [5, 5.41) is 8.47. The third kappa shape index (κ3) is 2.43. The molecule has 1 heterocycles. The smallest absolute Gasteiger partial charge is 0.450 e. The first-order chi connectivity index (χ1) is 6.02. The maximum Gasteiger partial charge on any atom is 0.506 e. The van der Waals surface area contributed by atoms with Crippen molar-refractivity contribution in [2.45, 2.75) is 19.4 Å². The van der Waals surface area contributed by atoms with Gasteiger partial charge in [0, 0.05) is 12.4 Å². The molecule has 0 saturated carbocycles. The van der Waals surface area contributed by atoms with Gasteiger partial charge in [0.15, 0.2) is 0 Å². The summed E-state index contributed by atoms with van der Waals surface area (Å²) in [5.41, 5.74) is -0.0423. The minimum absolute atomic E-state index is 0.782. The molecular formula is C9H11NO3. The molecule has 4 heteroatoms. The Balaban J connectivity index is 2.87. The number of hydrogen-bond donors (Lipinski definition) is 1. The zero-order chi connectivity index (χ0) is 9.90. The van der Waals surface area contributed by atoms with Crippen LogP contribution >= 0.6 is 0 Å². The Labute approximate surface area is 76.2 Å². The van der Waals surface area contributed by atoms with Crippen molar-refractivity contribution in [3.8, 4) is 0 Å². The van der Waals surface area contributed by atoms with Gasteiger partial charge in [-0.2, -0.15) is 0 Å². The maximum atomic E-state index is 10.4. The quantitative estimate of drug-likeness (QED) is 0.709. The first kappa shape index (κ1) is 9.51. The van der Waals surface area contributed by atoms with Gasteiger partial charge < -0.3 is 9.84 Å². The molecule has 4 nitrogen and oxygen atoms in total. The Hall–Kier alpha value is -1.58. The molecule has 0 aliphatic rings. The Morgan fingerprint density at radius 1 is 1.46 bits per heavy atom. The third-order valence-corrected chi connectivity index (χ3v) is 1.72. The SMILES string of the molecule is CC(C)(OC(=O)O)c1ccncc1. The van der Waals surface area contributed by atoms with Gasteiger partial charge in [-0.05, 0) is 31.5 Å². The van der Waals surface area contributed by atoms with Gasteiger partial charge >= 0.3 is 6.16 Å². The second-order valence-electron chi connectivity index (χ2n) is 3.11. The highest BCUT2D eigenvalue weighted by molar-refractivity contribution is 5.57. The van der Waals surface area contributed by atoms with Gasteiger partial charge in [-0.25, -0.2) is 4.79 Å². The summed E-state index contributed by atoms with van der Waals surface area (Å²) in [6.45, 7) is 3.38. The van der Waals surface area contributed by atoms with E-state index in [1.54, 1.807) is 38.4 Å². The van der Waals surface area contributed by atoms with E-state index in [0.717, 1.165) is 5.56 Å². The highest BCUT2D eigenvalue weighted by Crippen LogP contribution is 2.23. The van der Waals surface area contributed by atoms with E-state index in [-0.39, 0.29) is 0 Å². The standard InChI is InChI=1S/C9H11NO3/c1-9(2,13-8(11)12)7-3-5-10-6-4-7/h3-6H,1-2H3,(H,11,12). The molecule has 0 saturated heterocycles. The largest absolute Gasteiger partial charge is 0.506 e. The van der Waals surface area contributed by atoms with Crippen LogP contribution in [0.25, 0.3) is 0 Å². The van der Waals surface area contributed by atoms with E-state index in [1.807, 2.05) is 0 Å². The summed E-state index contributed by atoms with van der Waals surface area (Å²) in [7, 11) is 0. The summed E-state index contributed by atoms with van der Waals surface area (Å²) in [6.07, 6.45) is 1.92. The van der Waals surface area contributed by atoms with Crippen LogP contribution in [0.15, 0.2) is 24.5 Å². The molecule has 0 fully saturated rings. The van der Waals surface area contributed by atoms with Crippen molar-refractivity contribution in [2.75, 3.05) is 0 Å². The molecule has 1 rings (SSSR count). The lowest BCUT2D eigenvalue weighted by Gasteiger charge is -2.23. The van der Waals surface area contributed by atoms with Crippen LogP contribution in [0, 0.1) is 0 Å². The average Bonchev–Trinajstić information content (AvgIpc) is 2.04. The van der Waals surface area contributed by atoms with Gasteiger partial charge in [0.05, 0.1) is 0 Å². The second kappa shape index (κ2) is 3.43. The lowest BCUT2D eigenvalue weighted by atomic mass is 10.00. The minimum atomic E-state index is -1.28. The molecule has 0 bridgehead atoms. The number of pyridine rings is 1. The van der Waals surface area contributed by atoms with Gasteiger partial charge in [-0.15, -0.1) is 0 Å². The highest BCUT2D eigenvalue weighted by atomic mass is 16.7. The summed E-state index contributed by atoms with van der Waals surface area (Å²) in [5.74, 6) is 0. The highest BCUT2D eigenvalue weighted by Gasteiger charge is 2.24. The van der Waals surface area contributed by atoms with Crippen LogP contribution < -0.4 is 0 Å². The molecule has 0 aliphatic carbocycles. The molecule has 0 aromatic carbocycles. The topological polar surface area (TPSA) is 59.4 Å². The van der Waals surface area contributed by atoms with E-state index < -0.39 is 11.8 Å². The summed E-state index contributed by atoms with van der Waals surface area (Å²) >= 11 is 0. The molecule has 0 spiro atoms. The number of carbonyl (C=O) groups is 1.